The van der Waals surface area contributed by atoms with Crippen LogP contribution in [0.5, 0.6) is 0 Å². The molecule has 28 heavy (non-hydrogen) atoms. The van der Waals surface area contributed by atoms with Crippen LogP contribution in [-0.4, -0.2) is 36.5 Å². The predicted octanol–water partition coefficient (Wildman–Crippen LogP) is 3.44. The third kappa shape index (κ3) is 3.93. The Balaban J connectivity index is 1.39. The summed E-state index contributed by atoms with van der Waals surface area (Å²) in [6, 6.07) is 24.9. The molecule has 0 saturated carbocycles. The predicted molar refractivity (Wildman–Crippen MR) is 114 cm³/mol. The van der Waals surface area contributed by atoms with Crippen LogP contribution in [0.25, 0.3) is 10.8 Å². The molecule has 3 atom stereocenters. The summed E-state index contributed by atoms with van der Waals surface area (Å²) in [6.45, 7) is 3.99. The Bertz CT molecular complexity index is 951. The highest BCUT2D eigenvalue weighted by molar-refractivity contribution is 5.87. The van der Waals surface area contributed by atoms with Crippen molar-refractivity contribution >= 4 is 16.7 Å². The second kappa shape index (κ2) is 8.13. The summed E-state index contributed by atoms with van der Waals surface area (Å²) in [4.78, 5) is 14.8. The van der Waals surface area contributed by atoms with Gasteiger partial charge in [-0.05, 0) is 28.8 Å². The fourth-order valence-electron chi connectivity index (χ4n) is 4.29. The Hall–Kier alpha value is -2.69. The minimum atomic E-state index is -0.0419. The number of likely N-dealkylation sites (tertiary alicyclic amines) is 1. The lowest BCUT2D eigenvalue weighted by atomic mass is 9.95. The maximum atomic E-state index is 12.7. The molecule has 144 valence electrons. The molecule has 4 heteroatoms. The van der Waals surface area contributed by atoms with E-state index in [4.69, 9.17) is 5.73 Å². The fourth-order valence-corrected chi connectivity index (χ4v) is 4.29. The van der Waals surface area contributed by atoms with Gasteiger partial charge in [0, 0.05) is 25.0 Å². The van der Waals surface area contributed by atoms with Crippen LogP contribution in [0.2, 0.25) is 0 Å². The zero-order valence-corrected chi connectivity index (χ0v) is 16.2. The number of nitrogens with two attached hydrogens (primary N) is 1. The van der Waals surface area contributed by atoms with Gasteiger partial charge in [-0.2, -0.15) is 0 Å². The lowest BCUT2D eigenvalue weighted by Crippen LogP contribution is -2.38. The molecule has 0 bridgehead atoms. The molecule has 1 aliphatic rings. The van der Waals surface area contributed by atoms with Crippen molar-refractivity contribution in [2.45, 2.75) is 24.9 Å². The van der Waals surface area contributed by atoms with Crippen LogP contribution < -0.4 is 11.1 Å². The molecule has 4 rings (SSSR count). The summed E-state index contributed by atoms with van der Waals surface area (Å²) in [5.74, 6) is 0.325. The van der Waals surface area contributed by atoms with Gasteiger partial charge in [-0.25, -0.2) is 0 Å². The number of carbonyl (C=O) groups is 1. The van der Waals surface area contributed by atoms with Crippen LogP contribution in [0, 0.1) is 0 Å². The van der Waals surface area contributed by atoms with E-state index in [1.165, 1.54) is 16.3 Å². The van der Waals surface area contributed by atoms with Gasteiger partial charge in [0.05, 0.1) is 12.6 Å². The highest BCUT2D eigenvalue weighted by Crippen LogP contribution is 2.27. The van der Waals surface area contributed by atoms with Gasteiger partial charge >= 0.3 is 0 Å². The number of fused-ring (bicyclic) bond motifs is 1. The first kappa shape index (κ1) is 18.7. The van der Waals surface area contributed by atoms with Crippen LogP contribution in [-0.2, 0) is 4.79 Å². The lowest BCUT2D eigenvalue weighted by Gasteiger charge is -2.20. The summed E-state index contributed by atoms with van der Waals surface area (Å²) in [7, 11) is 0. The zero-order chi connectivity index (χ0) is 19.5. The summed E-state index contributed by atoms with van der Waals surface area (Å²) in [5.41, 5.74) is 8.76. The van der Waals surface area contributed by atoms with Crippen LogP contribution in [0.3, 0.4) is 0 Å². The zero-order valence-electron chi connectivity index (χ0n) is 16.2. The molecule has 3 N–H and O–H groups in total. The van der Waals surface area contributed by atoms with Gasteiger partial charge in [-0.3, -0.25) is 9.69 Å². The number of nitrogens with one attached hydrogen (secondary N) is 1. The highest BCUT2D eigenvalue weighted by atomic mass is 16.2. The molecule has 0 spiro atoms. The van der Waals surface area contributed by atoms with Crippen molar-refractivity contribution in [1.82, 2.24) is 10.2 Å². The van der Waals surface area contributed by atoms with E-state index in [9.17, 15) is 4.79 Å². The van der Waals surface area contributed by atoms with Crippen molar-refractivity contribution in [1.29, 1.82) is 0 Å². The fraction of sp³-hybridized carbons (Fsp3) is 0.292. The summed E-state index contributed by atoms with van der Waals surface area (Å²) >= 11 is 0. The van der Waals surface area contributed by atoms with Crippen LogP contribution in [0.4, 0.5) is 0 Å². The second-order valence-corrected chi connectivity index (χ2v) is 7.73. The molecule has 1 amide bonds. The molecule has 1 saturated heterocycles. The third-order valence-corrected chi connectivity index (χ3v) is 5.70. The van der Waals surface area contributed by atoms with Crippen molar-refractivity contribution in [3.8, 4) is 0 Å². The maximum Gasteiger partial charge on any atom is 0.234 e. The van der Waals surface area contributed by atoms with Gasteiger partial charge in [-0.1, -0.05) is 72.8 Å². The lowest BCUT2D eigenvalue weighted by molar-refractivity contribution is -0.122. The molecular weight excluding hydrogens is 346 g/mol. The van der Waals surface area contributed by atoms with Gasteiger partial charge in [0.2, 0.25) is 5.91 Å². The first-order valence-corrected chi connectivity index (χ1v) is 9.91. The topological polar surface area (TPSA) is 58.4 Å². The van der Waals surface area contributed by atoms with E-state index in [-0.39, 0.29) is 23.9 Å². The molecule has 3 aromatic carbocycles. The minimum absolute atomic E-state index is 0.0419. The quantitative estimate of drug-likeness (QED) is 0.720. The first-order chi connectivity index (χ1) is 13.6. The van der Waals surface area contributed by atoms with Crippen molar-refractivity contribution in [2.24, 2.45) is 5.73 Å². The van der Waals surface area contributed by atoms with Crippen LogP contribution in [0.15, 0.2) is 72.8 Å². The van der Waals surface area contributed by atoms with Crippen molar-refractivity contribution in [3.63, 3.8) is 0 Å². The second-order valence-electron chi connectivity index (χ2n) is 7.73. The number of carbonyl (C=O) groups excluding carboxylic acids is 1. The van der Waals surface area contributed by atoms with E-state index in [0.29, 0.717) is 6.54 Å². The number of benzene rings is 3. The monoisotopic (exact) mass is 373 g/mol. The molecular formula is C24H27N3O. The van der Waals surface area contributed by atoms with Crippen molar-refractivity contribution in [3.05, 3.63) is 83.9 Å². The van der Waals surface area contributed by atoms with Gasteiger partial charge in [0.15, 0.2) is 0 Å². The van der Waals surface area contributed by atoms with Crippen molar-refractivity contribution < 1.29 is 4.79 Å². The Kier molecular flexibility index (Phi) is 5.42. The van der Waals surface area contributed by atoms with E-state index < -0.39 is 0 Å². The van der Waals surface area contributed by atoms with E-state index >= 15 is 0 Å². The molecule has 3 aromatic rings. The summed E-state index contributed by atoms with van der Waals surface area (Å²) in [6.07, 6.45) is 0. The number of nitrogens with zero attached hydrogens (tertiary/aromatic N) is 1. The number of hydrogen-bond acceptors (Lipinski definition) is 3. The number of hydrogen-bond donors (Lipinski definition) is 2. The Morgan fingerprint density at radius 3 is 2.57 bits per heavy atom. The molecule has 1 fully saturated rings. The van der Waals surface area contributed by atoms with E-state index in [2.05, 4.69) is 46.6 Å². The van der Waals surface area contributed by atoms with E-state index in [1.54, 1.807) is 0 Å². The van der Waals surface area contributed by atoms with Crippen LogP contribution >= 0.6 is 0 Å². The smallest absolute Gasteiger partial charge is 0.234 e. The first-order valence-electron chi connectivity index (χ1n) is 9.91. The van der Waals surface area contributed by atoms with Crippen molar-refractivity contribution in [2.75, 3.05) is 19.6 Å². The van der Waals surface area contributed by atoms with Gasteiger partial charge in [0.1, 0.15) is 0 Å². The maximum absolute atomic E-state index is 12.7. The number of rotatable bonds is 5. The molecule has 4 nitrogen and oxygen atoms in total. The molecule has 1 heterocycles. The van der Waals surface area contributed by atoms with E-state index in [1.807, 2.05) is 43.3 Å². The average molecular weight is 374 g/mol. The minimum Gasteiger partial charge on any atom is -0.348 e. The molecule has 1 aliphatic heterocycles. The normalized spacial score (nSPS) is 20.9. The highest BCUT2D eigenvalue weighted by Gasteiger charge is 2.32. The molecule has 0 radical (unpaired) electrons. The SMILES string of the molecule is CC(NC(=O)CN1C[C@@H](N)[C@H](c2ccccc2)C1)c1cccc2ccccc12. The molecule has 1 unspecified atom stereocenters. The van der Waals surface area contributed by atoms with Gasteiger partial charge in [-0.15, -0.1) is 0 Å². The van der Waals surface area contributed by atoms with Gasteiger partial charge < -0.3 is 11.1 Å². The summed E-state index contributed by atoms with van der Waals surface area (Å²) in [5, 5.41) is 5.54. The molecule has 0 aliphatic carbocycles. The summed E-state index contributed by atoms with van der Waals surface area (Å²) < 4.78 is 0. The Morgan fingerprint density at radius 1 is 1.04 bits per heavy atom. The van der Waals surface area contributed by atoms with E-state index in [0.717, 1.165) is 18.7 Å². The average Bonchev–Trinajstić information content (AvgIpc) is 3.08. The third-order valence-electron chi connectivity index (χ3n) is 5.70. The Morgan fingerprint density at radius 2 is 1.75 bits per heavy atom. The largest absolute Gasteiger partial charge is 0.348 e. The van der Waals surface area contributed by atoms with Crippen LogP contribution in [0.1, 0.15) is 30.0 Å². The number of amides is 1. The Labute approximate surface area is 166 Å². The molecule has 0 aromatic heterocycles. The van der Waals surface area contributed by atoms with Gasteiger partial charge in [0.25, 0.3) is 0 Å². The standard InChI is InChI=1S/C24H27N3O/c1-17(20-13-7-11-18-10-5-6-12-21(18)20)26-24(28)16-27-14-22(23(25)15-27)19-8-3-2-4-9-19/h2-13,17,22-23H,14-16,25H2,1H3,(H,26,28)/t17?,22-,23+/m0/s1.